The van der Waals surface area contributed by atoms with Crippen LogP contribution in [-0.2, 0) is 47.0 Å². The molecule has 3 aliphatic rings. The van der Waals surface area contributed by atoms with Crippen LogP contribution >= 0.6 is 15.9 Å². The zero-order chi connectivity index (χ0) is 56.5. The first kappa shape index (κ1) is 54.8. The fraction of sp³-hybridized carbons (Fsp3) is 0.429. The normalized spacial score (nSPS) is 19.9. The summed E-state index contributed by atoms with van der Waals surface area (Å²) in [5.41, 5.74) is 5.34. The summed E-state index contributed by atoms with van der Waals surface area (Å²) < 4.78 is 75.5. The third kappa shape index (κ3) is 10.2. The van der Waals surface area contributed by atoms with Gasteiger partial charge in [-0.3, -0.25) is 27.9 Å². The van der Waals surface area contributed by atoms with Gasteiger partial charge < -0.3 is 27.6 Å². The summed E-state index contributed by atoms with van der Waals surface area (Å²) in [5, 5.41) is 18.4. The molecule has 0 saturated carbocycles. The number of halogens is 3. The van der Waals surface area contributed by atoms with Crippen LogP contribution < -0.4 is 17.0 Å². The molecule has 24 heteroatoms. The topological polar surface area (TPSA) is 204 Å². The molecule has 3 saturated heterocycles. The molecule has 0 aliphatic carbocycles. The highest BCUT2D eigenvalue weighted by atomic mass is 79.9. The third-order valence-electron chi connectivity index (χ3n) is 15.7. The maximum Gasteiger partial charge on any atom is 0.516 e. The Hall–Kier alpha value is -7.12. The summed E-state index contributed by atoms with van der Waals surface area (Å²) >= 11 is 3.26. The van der Waals surface area contributed by atoms with Crippen LogP contribution in [-0.4, -0.2) is 102 Å². The second-order valence-electron chi connectivity index (χ2n) is 21.7. The Bertz CT molecular complexity index is 4060. The summed E-state index contributed by atoms with van der Waals surface area (Å²) in [4.78, 5) is 35.6. The van der Waals surface area contributed by atoms with E-state index >= 15 is 4.39 Å². The molecule has 8 aromatic heterocycles. The fourth-order valence-electron chi connectivity index (χ4n) is 10.8. The van der Waals surface area contributed by atoms with Crippen molar-refractivity contribution in [2.45, 2.75) is 116 Å². The van der Waals surface area contributed by atoms with Crippen LogP contribution in [0.15, 0.2) is 96.5 Å². The number of ether oxygens (including phenoxy) is 2. The monoisotopic (exact) mass is 1160 g/mol. The summed E-state index contributed by atoms with van der Waals surface area (Å²) in [6, 6.07) is 9.57. The first-order valence-corrected chi connectivity index (χ1v) is 27.6. The summed E-state index contributed by atoms with van der Waals surface area (Å²) in [7, 11) is 6.90. The minimum absolute atomic E-state index is 0.0633. The minimum Gasteiger partial charge on any atom is -0.452 e. The van der Waals surface area contributed by atoms with Crippen molar-refractivity contribution in [1.29, 1.82) is 0 Å². The van der Waals surface area contributed by atoms with E-state index in [0.29, 0.717) is 121 Å². The maximum atomic E-state index is 15.2. The summed E-state index contributed by atoms with van der Waals surface area (Å²) in [5.74, 6) is -0.874. The van der Waals surface area contributed by atoms with Crippen molar-refractivity contribution >= 4 is 72.8 Å². The molecule has 0 N–H and O–H groups in total. The number of hydrogen-bond acceptors (Lipinski definition) is 14. The first-order chi connectivity index (χ1) is 38.2. The molecule has 3 fully saturated rings. The maximum absolute atomic E-state index is 15.2. The van der Waals surface area contributed by atoms with Gasteiger partial charge in [0.2, 0.25) is 0 Å². The lowest BCUT2D eigenvalue weighted by molar-refractivity contribution is -0.00725. The van der Waals surface area contributed by atoms with Gasteiger partial charge in [-0.25, -0.2) is 18.4 Å². The average molecular weight is 1160 g/mol. The van der Waals surface area contributed by atoms with E-state index in [9.17, 15) is 14.0 Å². The van der Waals surface area contributed by atoms with Crippen molar-refractivity contribution in [3.63, 3.8) is 0 Å². The Kier molecular flexibility index (Phi) is 14.7. The number of aromatic nitrogens is 12. The third-order valence-corrected chi connectivity index (χ3v) is 16.3. The predicted molar refractivity (Wildman–Crippen MR) is 301 cm³/mol. The highest BCUT2D eigenvalue weighted by Gasteiger charge is 2.52. The molecule has 4 atom stereocenters. The van der Waals surface area contributed by atoms with Gasteiger partial charge >= 0.3 is 18.5 Å². The average Bonchev–Trinajstić information content (AvgIpc) is 3.41. The molecule has 0 amide bonds. The zero-order valence-corrected chi connectivity index (χ0v) is 47.8. The molecule has 0 unspecified atom stereocenters. The van der Waals surface area contributed by atoms with Crippen molar-refractivity contribution in [3.8, 4) is 33.8 Å². The quantitative estimate of drug-likeness (QED) is 0.130. The van der Waals surface area contributed by atoms with Crippen molar-refractivity contribution in [3.05, 3.63) is 111 Å². The zero-order valence-electron chi connectivity index (χ0n) is 46.2. The number of hydrogen-bond donors (Lipinski definition) is 0. The molecular formula is C56H62BBrF2N12O8. The SMILES string of the molecule is CC[C@H]1C[C@@H](n2c(=O)nc(-c3cnn(C)c3)c3oc4cc(F)c(-c5ccn(C)n5)cc4c32)CCO1.CC[C@H]1C[C@@H](n2c(=O)nc(-c3cnn(C)c3)c3oc4cc(F)c(Br)cc4c32)CCO1.Cn1ccc(B2OC(C)(C)C(C)(C)O2)n1. The lowest BCUT2D eigenvalue weighted by Crippen LogP contribution is -2.41. The molecule has 11 heterocycles. The van der Waals surface area contributed by atoms with Crippen LogP contribution in [0.2, 0.25) is 0 Å². The lowest BCUT2D eigenvalue weighted by Gasteiger charge is -2.32. The van der Waals surface area contributed by atoms with E-state index in [1.165, 1.54) is 12.1 Å². The molecule has 20 nitrogen and oxygen atoms in total. The van der Waals surface area contributed by atoms with Gasteiger partial charge in [0.05, 0.1) is 51.6 Å². The molecule has 80 heavy (non-hydrogen) atoms. The van der Waals surface area contributed by atoms with Gasteiger partial charge in [-0.05, 0) is 106 Å². The van der Waals surface area contributed by atoms with Crippen LogP contribution in [0.3, 0.4) is 0 Å². The highest BCUT2D eigenvalue weighted by molar-refractivity contribution is 9.10. The number of fused-ring (bicyclic) bond motifs is 6. The molecule has 0 spiro atoms. The minimum atomic E-state index is -0.447. The standard InChI is InChI=1S/C25H25FN6O3.C21H20BrFN4O3.C10H17BN2O2/c1-4-16-9-15(6-8-34-16)32-23-18-10-17(20-5-7-30(2)29-20)19(26)11-21(18)35-24(23)22(28-25(32)33)14-12-27-31(3)13-14;1-3-13-6-12(4-5-29-13)27-19-14-7-15(22)16(23)8-17(14)30-20(19)18(25-21(27)28)11-9-24-26(2)10-11;1-9(2)10(3,4)15-11(14-9)8-6-7-13(5)12-8/h5,7,10-13,15-16H,4,6,8-9H2,1-3H3;7-10,12-13H,3-6H2,1-2H3;6-7H,1-5H3/t15-,16-;12-,13-;/m00./s1. The second-order valence-corrected chi connectivity index (χ2v) is 22.6. The van der Waals surface area contributed by atoms with Crippen LogP contribution in [0.5, 0.6) is 0 Å². The number of aryl methyl sites for hydroxylation is 4. The van der Waals surface area contributed by atoms with E-state index in [1.54, 1.807) is 98.2 Å². The predicted octanol–water partition coefficient (Wildman–Crippen LogP) is 9.51. The first-order valence-electron chi connectivity index (χ1n) is 26.8. The number of nitrogens with zero attached hydrogens (tertiary/aromatic N) is 12. The van der Waals surface area contributed by atoms with Crippen molar-refractivity contribution in [2.75, 3.05) is 13.2 Å². The van der Waals surface area contributed by atoms with E-state index in [0.717, 1.165) is 18.4 Å². The smallest absolute Gasteiger partial charge is 0.452 e. The van der Waals surface area contributed by atoms with E-state index in [1.807, 2.05) is 47.0 Å². The van der Waals surface area contributed by atoms with E-state index in [-0.39, 0.29) is 54.0 Å². The largest absolute Gasteiger partial charge is 0.516 e. The van der Waals surface area contributed by atoms with E-state index < -0.39 is 11.6 Å². The van der Waals surface area contributed by atoms with Crippen LogP contribution in [0.4, 0.5) is 8.78 Å². The molecule has 3 aliphatic heterocycles. The molecule has 13 rings (SSSR count). The van der Waals surface area contributed by atoms with E-state index in [4.69, 9.17) is 27.6 Å². The molecule has 418 valence electrons. The Morgan fingerprint density at radius 2 is 1.15 bits per heavy atom. The van der Waals surface area contributed by atoms with Gasteiger partial charge in [0, 0.05) is 118 Å². The van der Waals surface area contributed by atoms with Crippen LogP contribution in [0.1, 0.15) is 92.2 Å². The fourth-order valence-corrected chi connectivity index (χ4v) is 11.1. The Labute approximate surface area is 466 Å². The van der Waals surface area contributed by atoms with Crippen molar-refractivity contribution in [2.24, 2.45) is 28.2 Å². The summed E-state index contributed by atoms with van der Waals surface area (Å²) in [6.45, 7) is 13.4. The Morgan fingerprint density at radius 1 is 0.662 bits per heavy atom. The Balaban J connectivity index is 0.000000136. The van der Waals surface area contributed by atoms with Gasteiger partial charge in [-0.15, -0.1) is 0 Å². The van der Waals surface area contributed by atoms with Crippen LogP contribution in [0, 0.1) is 11.6 Å². The molecule has 0 bridgehead atoms. The van der Waals surface area contributed by atoms with Gasteiger partial charge in [0.1, 0.15) is 45.2 Å². The van der Waals surface area contributed by atoms with E-state index in [2.05, 4.69) is 60.1 Å². The van der Waals surface area contributed by atoms with Gasteiger partial charge in [0.25, 0.3) is 0 Å². The number of rotatable bonds is 8. The van der Waals surface area contributed by atoms with Crippen molar-refractivity contribution < 1.29 is 36.4 Å². The molecule has 0 radical (unpaired) electrons. The molecular weight excluding hydrogens is 1100 g/mol. The Morgan fingerprint density at radius 3 is 1.60 bits per heavy atom. The second kappa shape index (κ2) is 21.4. The number of furan rings is 2. The van der Waals surface area contributed by atoms with Gasteiger partial charge in [-0.2, -0.15) is 30.4 Å². The van der Waals surface area contributed by atoms with Crippen molar-refractivity contribution in [1.82, 2.24) is 58.2 Å². The molecule has 10 aromatic rings. The van der Waals surface area contributed by atoms with Crippen LogP contribution in [0.25, 0.3) is 77.9 Å². The highest BCUT2D eigenvalue weighted by Crippen LogP contribution is 2.42. The number of benzene rings is 2. The summed E-state index contributed by atoms with van der Waals surface area (Å²) in [6.07, 6.45) is 15.2. The lowest BCUT2D eigenvalue weighted by atomic mass is 9.85. The molecule has 2 aromatic carbocycles. The van der Waals surface area contributed by atoms with Gasteiger partial charge in [0.15, 0.2) is 11.2 Å². The van der Waals surface area contributed by atoms with Gasteiger partial charge in [-0.1, -0.05) is 13.8 Å².